The number of fused-ring (bicyclic) bond motifs is 2. The molecule has 4 aromatic carbocycles. The van der Waals surface area contributed by atoms with E-state index in [1.165, 1.54) is 21.5 Å². The lowest BCUT2D eigenvalue weighted by Crippen LogP contribution is -1.98. The molecule has 0 fully saturated rings. The van der Waals surface area contributed by atoms with Crippen LogP contribution < -0.4 is 0 Å². The molecule has 0 saturated carbocycles. The molecule has 0 amide bonds. The molecule has 0 unspecified atom stereocenters. The number of hydrogen-bond acceptors (Lipinski definition) is 7. The van der Waals surface area contributed by atoms with E-state index in [1.54, 1.807) is 13.8 Å². The highest BCUT2D eigenvalue weighted by Crippen LogP contribution is 2.12. The molecule has 0 aliphatic heterocycles. The van der Waals surface area contributed by atoms with Gasteiger partial charge in [0.2, 0.25) is 0 Å². The van der Waals surface area contributed by atoms with Crippen molar-refractivity contribution in [3.63, 3.8) is 0 Å². The number of oxime groups is 1. The maximum Gasteiger partial charge on any atom is 0.325 e. The number of nitrogens with zero attached hydrogens (tertiary/aromatic N) is 1. The van der Waals surface area contributed by atoms with Crippen molar-refractivity contribution >= 4 is 47.5 Å². The van der Waals surface area contributed by atoms with Crippen molar-refractivity contribution in [3.8, 4) is 0 Å². The van der Waals surface area contributed by atoms with Crippen LogP contribution in [0, 0.1) is 0 Å². The molecule has 39 heavy (non-hydrogen) atoms. The van der Waals surface area contributed by atoms with Gasteiger partial charge in [-0.2, -0.15) is 16.8 Å². The average molecular weight is 578 g/mol. The summed E-state index contributed by atoms with van der Waals surface area (Å²) < 4.78 is 47.9. The number of rotatable bonds is 3. The zero-order chi connectivity index (χ0) is 30.3. The maximum atomic E-state index is 10.2. The first-order chi connectivity index (χ1) is 18.4. The molecule has 0 heterocycles. The molecule has 0 bridgehead atoms. The van der Waals surface area contributed by atoms with Gasteiger partial charge in [-0.05, 0) is 35.4 Å². The van der Waals surface area contributed by atoms with E-state index >= 15 is 0 Å². The minimum absolute atomic E-state index is 0.570. The van der Waals surface area contributed by atoms with Gasteiger partial charge in [-0.3, -0.25) is 8.47 Å². The van der Waals surface area contributed by atoms with Crippen molar-refractivity contribution in [2.24, 2.45) is 5.16 Å². The SMILES string of the molecule is CC.CC.CC(C)=NOS(C)(=O)=O.COS(C)(=O)=O.c1ccc2ccccc2c1.c1ccc2ccccc2c1. The number of hydrogen-bond donors (Lipinski definition) is 0. The first-order valence-corrected chi connectivity index (χ1v) is 16.1. The van der Waals surface area contributed by atoms with Crippen molar-refractivity contribution in [3.05, 3.63) is 97.1 Å². The molecular weight excluding hydrogens is 534 g/mol. The van der Waals surface area contributed by atoms with Gasteiger partial charge in [0.05, 0.1) is 25.3 Å². The Morgan fingerprint density at radius 3 is 0.846 bits per heavy atom. The zero-order valence-corrected chi connectivity index (χ0v) is 26.1. The summed E-state index contributed by atoms with van der Waals surface area (Å²) in [7, 11) is -5.45. The molecule has 4 aromatic rings. The van der Waals surface area contributed by atoms with Gasteiger partial charge in [-0.25, -0.2) is 0 Å². The Hall–Kier alpha value is -3.27. The third kappa shape index (κ3) is 21.4. The molecule has 0 saturated heterocycles. The summed E-state index contributed by atoms with van der Waals surface area (Å²) in [5.41, 5.74) is 0.570. The molecule has 0 radical (unpaired) electrons. The van der Waals surface area contributed by atoms with E-state index < -0.39 is 20.2 Å². The molecule has 0 spiro atoms. The summed E-state index contributed by atoms with van der Waals surface area (Å²) in [4.78, 5) is 0. The second kappa shape index (κ2) is 21.6. The fourth-order valence-corrected chi connectivity index (χ4v) is 2.69. The predicted octanol–water partition coefficient (Wildman–Crippen LogP) is 7.68. The van der Waals surface area contributed by atoms with E-state index in [2.05, 4.69) is 111 Å². The van der Waals surface area contributed by atoms with Crippen LogP contribution in [0.3, 0.4) is 0 Å². The second-order valence-electron chi connectivity index (χ2n) is 7.38. The third-order valence-electron chi connectivity index (χ3n) is 3.98. The topological polar surface area (TPSA) is 99.1 Å². The van der Waals surface area contributed by atoms with Gasteiger partial charge >= 0.3 is 10.1 Å². The van der Waals surface area contributed by atoms with Crippen molar-refractivity contribution in [2.75, 3.05) is 19.6 Å². The molecule has 0 aromatic heterocycles. The number of benzene rings is 4. The summed E-state index contributed by atoms with van der Waals surface area (Å²) in [6, 6.07) is 33.4. The van der Waals surface area contributed by atoms with E-state index in [4.69, 9.17) is 0 Å². The highest BCUT2D eigenvalue weighted by molar-refractivity contribution is 7.86. The van der Waals surface area contributed by atoms with Gasteiger partial charge in [0.1, 0.15) is 0 Å². The van der Waals surface area contributed by atoms with Crippen LogP contribution in [0.1, 0.15) is 41.5 Å². The minimum Gasteiger partial charge on any atom is -0.274 e. The monoisotopic (exact) mass is 577 g/mol. The minimum atomic E-state index is -3.41. The lowest BCUT2D eigenvalue weighted by atomic mass is 10.1. The summed E-state index contributed by atoms with van der Waals surface area (Å²) >= 11 is 0. The normalized spacial score (nSPS) is 9.67. The Kier molecular flexibility index (Phi) is 21.0. The summed E-state index contributed by atoms with van der Waals surface area (Å²) in [6.07, 6.45) is 1.94. The van der Waals surface area contributed by atoms with Gasteiger partial charge in [0, 0.05) is 0 Å². The summed E-state index contributed by atoms with van der Waals surface area (Å²) in [6.45, 7) is 11.3. The Balaban J connectivity index is 0. The quantitative estimate of drug-likeness (QED) is 0.141. The smallest absolute Gasteiger partial charge is 0.274 e. The highest BCUT2D eigenvalue weighted by atomic mass is 32.2. The summed E-state index contributed by atoms with van der Waals surface area (Å²) in [5.74, 6) is 0. The summed E-state index contributed by atoms with van der Waals surface area (Å²) in [5, 5.41) is 8.47. The lowest BCUT2D eigenvalue weighted by Gasteiger charge is -1.92. The van der Waals surface area contributed by atoms with E-state index in [-0.39, 0.29) is 0 Å². The molecular formula is C30H43NO6S2. The third-order valence-corrected chi connectivity index (χ3v) is 4.93. The molecule has 4 rings (SSSR count). The van der Waals surface area contributed by atoms with E-state index in [9.17, 15) is 16.8 Å². The van der Waals surface area contributed by atoms with Crippen LogP contribution in [0.4, 0.5) is 0 Å². The van der Waals surface area contributed by atoms with Gasteiger partial charge in [-0.15, -0.1) is 0 Å². The molecule has 7 nitrogen and oxygen atoms in total. The second-order valence-corrected chi connectivity index (χ2v) is 10.7. The van der Waals surface area contributed by atoms with Gasteiger partial charge in [-0.1, -0.05) is 130 Å². The fourth-order valence-electron chi connectivity index (χ4n) is 2.41. The lowest BCUT2D eigenvalue weighted by molar-refractivity contribution is 0.342. The zero-order valence-electron chi connectivity index (χ0n) is 24.5. The Labute approximate surface area is 235 Å². The van der Waals surface area contributed by atoms with E-state index in [0.717, 1.165) is 19.6 Å². The van der Waals surface area contributed by atoms with Crippen LogP contribution in [0.2, 0.25) is 0 Å². The Morgan fingerprint density at radius 2 is 0.744 bits per heavy atom. The van der Waals surface area contributed by atoms with Gasteiger partial charge in [0.15, 0.2) is 0 Å². The maximum absolute atomic E-state index is 10.2. The largest absolute Gasteiger partial charge is 0.325 e. The molecule has 9 heteroatoms. The molecule has 0 aliphatic rings. The Bertz CT molecular complexity index is 1230. The molecule has 216 valence electrons. The highest BCUT2D eigenvalue weighted by Gasteiger charge is 1.97. The van der Waals surface area contributed by atoms with Crippen LogP contribution in [0.25, 0.3) is 21.5 Å². The average Bonchev–Trinajstić information content (AvgIpc) is 2.94. The van der Waals surface area contributed by atoms with Crippen LogP contribution in [-0.4, -0.2) is 42.2 Å². The predicted molar refractivity (Wildman–Crippen MR) is 167 cm³/mol. The van der Waals surface area contributed by atoms with Crippen molar-refractivity contribution in [2.45, 2.75) is 41.5 Å². The standard InChI is InChI=1S/2C10H8.C4H9NO3S.C2H6O3S.2C2H6/c2*1-2-6-10-8-4-3-7-9(10)5-1;1-4(2)5-8-9(3,6)7;1-5-6(2,3)4;2*1-2/h2*1-8H;1-3H3;1-2H3;2*1-2H3. The molecule has 0 aliphatic carbocycles. The van der Waals surface area contributed by atoms with E-state index in [0.29, 0.717) is 5.71 Å². The van der Waals surface area contributed by atoms with Gasteiger partial charge < -0.3 is 0 Å². The molecule has 0 atom stereocenters. The first-order valence-electron chi connectivity index (χ1n) is 12.4. The van der Waals surface area contributed by atoms with Gasteiger partial charge in [0.25, 0.3) is 10.1 Å². The van der Waals surface area contributed by atoms with Crippen LogP contribution in [-0.2, 0) is 28.7 Å². The van der Waals surface area contributed by atoms with Crippen LogP contribution in [0.15, 0.2) is 102 Å². The fraction of sp³-hybridized carbons (Fsp3) is 0.300. The van der Waals surface area contributed by atoms with Crippen molar-refractivity contribution < 1.29 is 25.3 Å². The van der Waals surface area contributed by atoms with E-state index in [1.807, 2.05) is 27.7 Å². The van der Waals surface area contributed by atoms with Crippen molar-refractivity contribution in [1.29, 1.82) is 0 Å². The molecule has 0 N–H and O–H groups in total. The van der Waals surface area contributed by atoms with Crippen molar-refractivity contribution in [1.82, 2.24) is 0 Å². The van der Waals surface area contributed by atoms with Crippen LogP contribution in [0.5, 0.6) is 0 Å². The van der Waals surface area contributed by atoms with Crippen LogP contribution >= 0.6 is 0 Å². The Morgan fingerprint density at radius 1 is 0.538 bits per heavy atom. The first kappa shape index (κ1) is 37.9.